The first-order valence-corrected chi connectivity index (χ1v) is 13.0. The first-order valence-electron chi connectivity index (χ1n) is 13.0. The second kappa shape index (κ2) is 9.82. The molecule has 2 aliphatic heterocycles. The lowest BCUT2D eigenvalue weighted by Gasteiger charge is -2.37. The molecular formula is C29H35N3O5. The Balaban J connectivity index is 1.29. The molecule has 2 aromatic rings. The third kappa shape index (κ3) is 4.94. The van der Waals surface area contributed by atoms with Crippen LogP contribution in [0.5, 0.6) is 0 Å². The number of carbonyl (C=O) groups is 3. The highest BCUT2D eigenvalue weighted by Crippen LogP contribution is 2.44. The summed E-state index contributed by atoms with van der Waals surface area (Å²) in [5.74, 6) is -0.719. The average Bonchev–Trinajstić information content (AvgIpc) is 3.41. The minimum absolute atomic E-state index is 0.0329. The van der Waals surface area contributed by atoms with E-state index in [9.17, 15) is 14.4 Å². The van der Waals surface area contributed by atoms with Crippen molar-refractivity contribution in [3.8, 4) is 11.1 Å². The fourth-order valence-electron chi connectivity index (χ4n) is 5.80. The molecule has 2 N–H and O–H groups in total. The lowest BCUT2D eigenvalue weighted by molar-refractivity contribution is -0.164. The zero-order valence-corrected chi connectivity index (χ0v) is 21.7. The van der Waals surface area contributed by atoms with Gasteiger partial charge in [-0.1, -0.05) is 48.5 Å². The molecule has 8 nitrogen and oxygen atoms in total. The van der Waals surface area contributed by atoms with Gasteiger partial charge in [-0.15, -0.1) is 0 Å². The van der Waals surface area contributed by atoms with Crippen LogP contribution in [0.3, 0.4) is 0 Å². The number of nitrogens with zero attached hydrogens (tertiary/aromatic N) is 2. The van der Waals surface area contributed by atoms with Gasteiger partial charge in [-0.25, -0.2) is 9.59 Å². The molecule has 1 aliphatic carbocycles. The van der Waals surface area contributed by atoms with E-state index in [2.05, 4.69) is 24.3 Å². The number of esters is 1. The van der Waals surface area contributed by atoms with Gasteiger partial charge < -0.3 is 25.0 Å². The van der Waals surface area contributed by atoms with E-state index >= 15 is 0 Å². The molecule has 2 fully saturated rings. The quantitative estimate of drug-likeness (QED) is 0.639. The molecule has 8 heteroatoms. The third-order valence-corrected chi connectivity index (χ3v) is 7.49. The van der Waals surface area contributed by atoms with Gasteiger partial charge in [0.15, 0.2) is 0 Å². The molecule has 2 aromatic carbocycles. The number of fused-ring (bicyclic) bond motifs is 4. The van der Waals surface area contributed by atoms with Gasteiger partial charge >= 0.3 is 12.1 Å². The second-order valence-electron chi connectivity index (χ2n) is 11.2. The Morgan fingerprint density at radius 2 is 1.59 bits per heavy atom. The van der Waals surface area contributed by atoms with Crippen LogP contribution in [-0.2, 0) is 19.1 Å². The van der Waals surface area contributed by atoms with Crippen LogP contribution in [0.1, 0.15) is 57.1 Å². The molecule has 196 valence electrons. The summed E-state index contributed by atoms with van der Waals surface area (Å²) in [5, 5.41) is 0. The normalized spacial score (nSPS) is 23.6. The number of carbonyl (C=O) groups excluding carboxylic acids is 3. The minimum atomic E-state index is -0.797. The van der Waals surface area contributed by atoms with Gasteiger partial charge in [0.25, 0.3) is 0 Å². The molecular weight excluding hydrogens is 470 g/mol. The smallest absolute Gasteiger partial charge is 0.409 e. The number of ether oxygens (including phenoxy) is 2. The van der Waals surface area contributed by atoms with Gasteiger partial charge in [0.05, 0.1) is 12.1 Å². The van der Waals surface area contributed by atoms with Crippen LogP contribution in [0.15, 0.2) is 48.5 Å². The Kier molecular flexibility index (Phi) is 6.70. The number of nitrogens with two attached hydrogens (primary N) is 1. The van der Waals surface area contributed by atoms with Crippen molar-refractivity contribution in [2.24, 2.45) is 5.73 Å². The average molecular weight is 506 g/mol. The van der Waals surface area contributed by atoms with Crippen molar-refractivity contribution < 1.29 is 23.9 Å². The standard InChI is InChI=1S/C29H35N3O5/c1-29(2,3)37-27(34)25-13-12-18-16-31(15-14-24(30)26(33)32(18)25)28(35)36-17-23-21-10-6-4-8-19(21)20-9-5-7-11-22(20)23/h4-11,18,23-25H,12-17,30H2,1-3H3/t18-,24+,25+/m1/s1. The minimum Gasteiger partial charge on any atom is -0.458 e. The number of amides is 2. The molecule has 2 amide bonds. The Labute approximate surface area is 217 Å². The molecule has 5 rings (SSSR count). The molecule has 2 saturated heterocycles. The lowest BCUT2D eigenvalue weighted by Crippen LogP contribution is -2.58. The molecule has 3 aliphatic rings. The van der Waals surface area contributed by atoms with Crippen LogP contribution >= 0.6 is 0 Å². The van der Waals surface area contributed by atoms with Gasteiger partial charge in [0, 0.05) is 19.0 Å². The predicted octanol–water partition coefficient (Wildman–Crippen LogP) is 3.67. The number of rotatable bonds is 3. The summed E-state index contributed by atoms with van der Waals surface area (Å²) >= 11 is 0. The van der Waals surface area contributed by atoms with Crippen LogP contribution in [-0.4, -0.2) is 71.2 Å². The van der Waals surface area contributed by atoms with E-state index in [4.69, 9.17) is 15.2 Å². The first-order chi connectivity index (χ1) is 17.6. The van der Waals surface area contributed by atoms with E-state index < -0.39 is 29.7 Å². The predicted molar refractivity (Wildman–Crippen MR) is 139 cm³/mol. The van der Waals surface area contributed by atoms with Gasteiger partial charge in [0.1, 0.15) is 18.2 Å². The van der Waals surface area contributed by atoms with Crippen molar-refractivity contribution in [3.63, 3.8) is 0 Å². The summed E-state index contributed by atoms with van der Waals surface area (Å²) in [6.07, 6.45) is 0.948. The third-order valence-electron chi connectivity index (χ3n) is 7.49. The maximum atomic E-state index is 13.3. The van der Waals surface area contributed by atoms with E-state index in [1.54, 1.807) is 30.6 Å². The lowest BCUT2D eigenvalue weighted by atomic mass is 9.98. The molecule has 0 aromatic heterocycles. The van der Waals surface area contributed by atoms with E-state index in [0.717, 1.165) is 11.1 Å². The summed E-state index contributed by atoms with van der Waals surface area (Å²) < 4.78 is 11.5. The molecule has 0 saturated carbocycles. The van der Waals surface area contributed by atoms with Crippen molar-refractivity contribution in [2.75, 3.05) is 19.7 Å². The monoisotopic (exact) mass is 505 g/mol. The Bertz CT molecular complexity index is 1160. The van der Waals surface area contributed by atoms with Gasteiger partial charge in [-0.3, -0.25) is 4.79 Å². The van der Waals surface area contributed by atoms with Gasteiger partial charge in [-0.05, 0) is 62.3 Å². The number of benzene rings is 2. The largest absolute Gasteiger partial charge is 0.458 e. The maximum absolute atomic E-state index is 13.3. The first kappa shape index (κ1) is 25.3. The van der Waals surface area contributed by atoms with E-state index in [0.29, 0.717) is 32.4 Å². The summed E-state index contributed by atoms with van der Waals surface area (Å²) in [6, 6.07) is 14.6. The highest BCUT2D eigenvalue weighted by Gasteiger charge is 2.46. The summed E-state index contributed by atoms with van der Waals surface area (Å²) in [7, 11) is 0. The van der Waals surface area contributed by atoms with Crippen molar-refractivity contribution in [1.29, 1.82) is 0 Å². The second-order valence-corrected chi connectivity index (χ2v) is 11.2. The van der Waals surface area contributed by atoms with Crippen molar-refractivity contribution in [3.05, 3.63) is 59.7 Å². The van der Waals surface area contributed by atoms with E-state index in [1.165, 1.54) is 11.1 Å². The Morgan fingerprint density at radius 3 is 2.22 bits per heavy atom. The van der Waals surface area contributed by atoms with Crippen LogP contribution < -0.4 is 5.73 Å². The summed E-state index contributed by atoms with van der Waals surface area (Å²) in [4.78, 5) is 42.5. The summed E-state index contributed by atoms with van der Waals surface area (Å²) in [6.45, 7) is 6.26. The fraction of sp³-hybridized carbons (Fsp3) is 0.483. The SMILES string of the molecule is CC(C)(C)OC(=O)[C@@H]1CC[C@@H]2CN(C(=O)OCC3c4ccccc4-c4ccccc43)CC[C@H](N)C(=O)N21. The molecule has 3 atom stereocenters. The number of hydrogen-bond acceptors (Lipinski definition) is 6. The Hall–Kier alpha value is -3.39. The molecule has 0 unspecified atom stereocenters. The Morgan fingerprint density at radius 1 is 0.973 bits per heavy atom. The van der Waals surface area contributed by atoms with E-state index in [-0.39, 0.29) is 24.5 Å². The molecule has 0 radical (unpaired) electrons. The number of hydrogen-bond donors (Lipinski definition) is 1. The van der Waals surface area contributed by atoms with Crippen molar-refractivity contribution in [1.82, 2.24) is 9.80 Å². The highest BCUT2D eigenvalue weighted by atomic mass is 16.6. The fourth-order valence-corrected chi connectivity index (χ4v) is 5.80. The highest BCUT2D eigenvalue weighted by molar-refractivity contribution is 5.89. The van der Waals surface area contributed by atoms with Crippen LogP contribution in [0.4, 0.5) is 4.79 Å². The van der Waals surface area contributed by atoms with Gasteiger partial charge in [-0.2, -0.15) is 0 Å². The van der Waals surface area contributed by atoms with Crippen molar-refractivity contribution >= 4 is 18.0 Å². The van der Waals surface area contributed by atoms with Crippen LogP contribution in [0.25, 0.3) is 11.1 Å². The van der Waals surface area contributed by atoms with Crippen LogP contribution in [0.2, 0.25) is 0 Å². The topological polar surface area (TPSA) is 102 Å². The molecule has 37 heavy (non-hydrogen) atoms. The van der Waals surface area contributed by atoms with Crippen LogP contribution in [0, 0.1) is 0 Å². The zero-order chi connectivity index (χ0) is 26.3. The van der Waals surface area contributed by atoms with E-state index in [1.807, 2.05) is 24.3 Å². The molecule has 0 spiro atoms. The molecule has 2 heterocycles. The van der Waals surface area contributed by atoms with Gasteiger partial charge in [0.2, 0.25) is 5.91 Å². The maximum Gasteiger partial charge on any atom is 0.409 e. The summed E-state index contributed by atoms with van der Waals surface area (Å²) in [5.41, 5.74) is 10.2. The molecule has 0 bridgehead atoms. The zero-order valence-electron chi connectivity index (χ0n) is 21.7. The van der Waals surface area contributed by atoms with Crippen molar-refractivity contribution in [2.45, 2.75) is 69.7 Å².